The van der Waals surface area contributed by atoms with Gasteiger partial charge in [-0.3, -0.25) is 0 Å². The standard InChI is InChI=1S/C14H22ClN3/c1-17-8-5-12(6-9-17)10-18(2)11-13-4-3-7-16-14(13)15/h3-4,7,12H,5-6,8-11H2,1-2H3. The Kier molecular flexibility index (Phi) is 4.98. The van der Waals surface area contributed by atoms with E-state index < -0.39 is 0 Å². The first-order valence-corrected chi connectivity index (χ1v) is 6.99. The van der Waals surface area contributed by atoms with Crippen LogP contribution in [-0.4, -0.2) is 48.5 Å². The summed E-state index contributed by atoms with van der Waals surface area (Å²) < 4.78 is 0. The second-order valence-electron chi connectivity index (χ2n) is 5.40. The van der Waals surface area contributed by atoms with Crippen molar-refractivity contribution in [3.05, 3.63) is 29.0 Å². The van der Waals surface area contributed by atoms with Crippen molar-refractivity contribution < 1.29 is 0 Å². The van der Waals surface area contributed by atoms with Crippen LogP contribution in [0.5, 0.6) is 0 Å². The third-order valence-corrected chi connectivity index (χ3v) is 4.02. The number of piperidine rings is 1. The Morgan fingerprint density at radius 2 is 2.17 bits per heavy atom. The second kappa shape index (κ2) is 6.50. The highest BCUT2D eigenvalue weighted by Gasteiger charge is 2.18. The number of likely N-dealkylation sites (tertiary alicyclic amines) is 1. The maximum Gasteiger partial charge on any atom is 0.133 e. The van der Waals surface area contributed by atoms with E-state index in [0.29, 0.717) is 5.15 Å². The lowest BCUT2D eigenvalue weighted by Crippen LogP contribution is -2.35. The van der Waals surface area contributed by atoms with Crippen molar-refractivity contribution in [3.8, 4) is 0 Å². The molecule has 1 aliphatic heterocycles. The van der Waals surface area contributed by atoms with Crippen LogP contribution < -0.4 is 0 Å². The summed E-state index contributed by atoms with van der Waals surface area (Å²) >= 11 is 6.09. The molecule has 1 aromatic rings. The number of pyridine rings is 1. The molecule has 0 bridgehead atoms. The van der Waals surface area contributed by atoms with Gasteiger partial charge in [0.05, 0.1) is 0 Å². The summed E-state index contributed by atoms with van der Waals surface area (Å²) in [5.74, 6) is 0.821. The largest absolute Gasteiger partial charge is 0.306 e. The van der Waals surface area contributed by atoms with Gasteiger partial charge in [0.1, 0.15) is 5.15 Å². The molecular weight excluding hydrogens is 246 g/mol. The minimum absolute atomic E-state index is 0.632. The Hall–Kier alpha value is -0.640. The van der Waals surface area contributed by atoms with E-state index >= 15 is 0 Å². The average molecular weight is 268 g/mol. The summed E-state index contributed by atoms with van der Waals surface area (Å²) in [4.78, 5) is 8.89. The monoisotopic (exact) mass is 267 g/mol. The molecule has 1 aliphatic rings. The molecule has 1 fully saturated rings. The van der Waals surface area contributed by atoms with Crippen LogP contribution in [0.25, 0.3) is 0 Å². The van der Waals surface area contributed by atoms with Crippen LogP contribution in [0.15, 0.2) is 18.3 Å². The van der Waals surface area contributed by atoms with Gasteiger partial charge in [-0.25, -0.2) is 4.98 Å². The van der Waals surface area contributed by atoms with Gasteiger partial charge in [0.15, 0.2) is 0 Å². The van der Waals surface area contributed by atoms with Crippen LogP contribution in [0.2, 0.25) is 5.15 Å². The zero-order chi connectivity index (χ0) is 13.0. The Morgan fingerprint density at radius 3 is 2.83 bits per heavy atom. The minimum Gasteiger partial charge on any atom is -0.306 e. The number of hydrogen-bond donors (Lipinski definition) is 0. The highest BCUT2D eigenvalue weighted by molar-refractivity contribution is 6.30. The Bertz CT molecular complexity index is 375. The van der Waals surface area contributed by atoms with Gasteiger partial charge in [0.2, 0.25) is 0 Å². The van der Waals surface area contributed by atoms with Gasteiger partial charge in [-0.15, -0.1) is 0 Å². The van der Waals surface area contributed by atoms with Gasteiger partial charge >= 0.3 is 0 Å². The van der Waals surface area contributed by atoms with Crippen LogP contribution >= 0.6 is 11.6 Å². The maximum absolute atomic E-state index is 6.09. The molecule has 2 heterocycles. The molecule has 0 atom stereocenters. The van der Waals surface area contributed by atoms with Crippen LogP contribution in [0.1, 0.15) is 18.4 Å². The molecule has 18 heavy (non-hydrogen) atoms. The van der Waals surface area contributed by atoms with Crippen LogP contribution in [-0.2, 0) is 6.54 Å². The molecule has 1 aromatic heterocycles. The summed E-state index contributed by atoms with van der Waals surface area (Å²) in [7, 11) is 4.37. The van der Waals surface area contributed by atoms with E-state index in [2.05, 4.69) is 34.9 Å². The summed E-state index contributed by atoms with van der Waals surface area (Å²) in [5, 5.41) is 0.632. The quantitative estimate of drug-likeness (QED) is 0.782. The number of rotatable bonds is 4. The predicted molar refractivity (Wildman–Crippen MR) is 75.8 cm³/mol. The summed E-state index contributed by atoms with van der Waals surface area (Å²) in [6, 6.07) is 4.01. The molecular formula is C14H22ClN3. The zero-order valence-corrected chi connectivity index (χ0v) is 12.0. The Balaban J connectivity index is 1.82. The van der Waals surface area contributed by atoms with E-state index in [9.17, 15) is 0 Å². The lowest BCUT2D eigenvalue weighted by Gasteiger charge is -2.31. The molecule has 0 radical (unpaired) electrons. The first kappa shape index (κ1) is 13.8. The molecule has 0 aromatic carbocycles. The van der Waals surface area contributed by atoms with Crippen LogP contribution in [0.3, 0.4) is 0 Å². The van der Waals surface area contributed by atoms with E-state index in [1.165, 1.54) is 25.9 Å². The molecule has 0 amide bonds. The molecule has 1 saturated heterocycles. The van der Waals surface area contributed by atoms with E-state index in [4.69, 9.17) is 11.6 Å². The van der Waals surface area contributed by atoms with Crippen molar-refractivity contribution >= 4 is 11.6 Å². The third-order valence-electron chi connectivity index (χ3n) is 3.68. The average Bonchev–Trinajstić information content (AvgIpc) is 2.35. The van der Waals surface area contributed by atoms with Gasteiger partial charge < -0.3 is 9.80 Å². The van der Waals surface area contributed by atoms with E-state index in [1.54, 1.807) is 6.20 Å². The topological polar surface area (TPSA) is 19.4 Å². The first-order chi connectivity index (χ1) is 8.65. The predicted octanol–water partition coefficient (Wildman–Crippen LogP) is 2.51. The Labute approximate surface area is 115 Å². The van der Waals surface area contributed by atoms with E-state index in [0.717, 1.165) is 24.6 Å². The lowest BCUT2D eigenvalue weighted by molar-refractivity contribution is 0.173. The molecule has 3 nitrogen and oxygen atoms in total. The second-order valence-corrected chi connectivity index (χ2v) is 5.75. The van der Waals surface area contributed by atoms with Crippen molar-refractivity contribution in [2.24, 2.45) is 5.92 Å². The van der Waals surface area contributed by atoms with Gasteiger partial charge in [-0.1, -0.05) is 17.7 Å². The maximum atomic E-state index is 6.09. The summed E-state index contributed by atoms with van der Waals surface area (Å²) in [6.07, 6.45) is 4.35. The van der Waals surface area contributed by atoms with E-state index in [1.807, 2.05) is 6.07 Å². The van der Waals surface area contributed by atoms with Gasteiger partial charge in [-0.05, 0) is 52.0 Å². The molecule has 2 rings (SSSR count). The normalized spacial score (nSPS) is 18.4. The van der Waals surface area contributed by atoms with Crippen molar-refractivity contribution in [2.45, 2.75) is 19.4 Å². The van der Waals surface area contributed by atoms with Crippen molar-refractivity contribution in [2.75, 3.05) is 33.7 Å². The van der Waals surface area contributed by atoms with Crippen LogP contribution in [0.4, 0.5) is 0 Å². The van der Waals surface area contributed by atoms with E-state index in [-0.39, 0.29) is 0 Å². The Morgan fingerprint density at radius 1 is 1.44 bits per heavy atom. The molecule has 0 unspecified atom stereocenters. The molecule has 0 saturated carbocycles. The zero-order valence-electron chi connectivity index (χ0n) is 11.3. The molecule has 0 aliphatic carbocycles. The molecule has 0 spiro atoms. The summed E-state index contributed by atoms with van der Waals surface area (Å²) in [6.45, 7) is 4.50. The fourth-order valence-corrected chi connectivity index (χ4v) is 2.76. The number of aromatic nitrogens is 1. The molecule has 0 N–H and O–H groups in total. The van der Waals surface area contributed by atoms with Gasteiger partial charge in [-0.2, -0.15) is 0 Å². The van der Waals surface area contributed by atoms with Gasteiger partial charge in [0.25, 0.3) is 0 Å². The molecule has 4 heteroatoms. The number of nitrogens with zero attached hydrogens (tertiary/aromatic N) is 3. The third kappa shape index (κ3) is 3.94. The fourth-order valence-electron chi connectivity index (χ4n) is 2.58. The van der Waals surface area contributed by atoms with Crippen molar-refractivity contribution in [1.29, 1.82) is 0 Å². The number of hydrogen-bond acceptors (Lipinski definition) is 3. The lowest BCUT2D eigenvalue weighted by atomic mass is 9.96. The smallest absolute Gasteiger partial charge is 0.133 e. The van der Waals surface area contributed by atoms with Crippen LogP contribution in [0, 0.1) is 5.92 Å². The SMILES string of the molecule is CN1CCC(CN(C)Cc2cccnc2Cl)CC1. The van der Waals surface area contributed by atoms with Crippen molar-refractivity contribution in [1.82, 2.24) is 14.8 Å². The number of halogens is 1. The first-order valence-electron chi connectivity index (χ1n) is 6.61. The summed E-state index contributed by atoms with van der Waals surface area (Å²) in [5.41, 5.74) is 1.12. The highest BCUT2D eigenvalue weighted by Crippen LogP contribution is 2.19. The highest BCUT2D eigenvalue weighted by atomic mass is 35.5. The molecule has 100 valence electrons. The minimum atomic E-state index is 0.632. The van der Waals surface area contributed by atoms with Crippen molar-refractivity contribution in [3.63, 3.8) is 0 Å². The fraction of sp³-hybridized carbons (Fsp3) is 0.643. The van der Waals surface area contributed by atoms with Gasteiger partial charge in [0, 0.05) is 24.8 Å².